The monoisotopic (exact) mass is 335 g/mol. The molecule has 1 aliphatic heterocycles. The zero-order valence-electron chi connectivity index (χ0n) is 14.3. The quantitative estimate of drug-likeness (QED) is 0.730. The summed E-state index contributed by atoms with van der Waals surface area (Å²) in [6.07, 6.45) is 9.20. The van der Waals surface area contributed by atoms with Crippen molar-refractivity contribution < 1.29 is 4.74 Å². The van der Waals surface area contributed by atoms with Crippen molar-refractivity contribution in [2.45, 2.75) is 19.8 Å². The Hall–Kier alpha value is -2.76. The lowest BCUT2D eigenvalue weighted by atomic mass is 9.97. The molecular formula is C19H21N5O. The maximum absolute atomic E-state index is 5.95. The molecule has 0 aromatic carbocycles. The largest absolute Gasteiger partial charge is 0.493 e. The molecule has 3 aromatic rings. The Bertz CT molecular complexity index is 856. The molecule has 4 heterocycles. The first-order chi connectivity index (χ1) is 12.3. The summed E-state index contributed by atoms with van der Waals surface area (Å²) in [7, 11) is 0. The highest BCUT2D eigenvalue weighted by Crippen LogP contribution is 2.27. The van der Waals surface area contributed by atoms with Gasteiger partial charge in [-0.05, 0) is 37.8 Å². The van der Waals surface area contributed by atoms with E-state index in [1.807, 2.05) is 25.1 Å². The van der Waals surface area contributed by atoms with Gasteiger partial charge in [0, 0.05) is 42.6 Å². The smallest absolute Gasteiger partial charge is 0.139 e. The number of aromatic nitrogens is 4. The van der Waals surface area contributed by atoms with Crippen LogP contribution >= 0.6 is 0 Å². The van der Waals surface area contributed by atoms with E-state index in [2.05, 4.69) is 24.8 Å². The van der Waals surface area contributed by atoms with Gasteiger partial charge in [-0.1, -0.05) is 0 Å². The Balaban J connectivity index is 1.38. The average molecular weight is 335 g/mol. The number of pyridine rings is 2. The van der Waals surface area contributed by atoms with E-state index in [0.717, 1.165) is 60.7 Å². The van der Waals surface area contributed by atoms with E-state index in [4.69, 9.17) is 4.74 Å². The number of anilines is 1. The van der Waals surface area contributed by atoms with E-state index in [9.17, 15) is 0 Å². The summed E-state index contributed by atoms with van der Waals surface area (Å²) in [6, 6.07) is 5.89. The molecule has 0 saturated carbocycles. The molecule has 1 aliphatic rings. The van der Waals surface area contributed by atoms with Crippen molar-refractivity contribution in [3.63, 3.8) is 0 Å². The minimum Gasteiger partial charge on any atom is -0.493 e. The highest BCUT2D eigenvalue weighted by Gasteiger charge is 2.22. The minimum atomic E-state index is 0.569. The van der Waals surface area contributed by atoms with Crippen molar-refractivity contribution in [1.29, 1.82) is 0 Å². The van der Waals surface area contributed by atoms with E-state index in [-0.39, 0.29) is 0 Å². The zero-order chi connectivity index (χ0) is 17.1. The van der Waals surface area contributed by atoms with Crippen LogP contribution in [0.5, 0.6) is 5.75 Å². The highest BCUT2D eigenvalue weighted by molar-refractivity contribution is 5.88. The van der Waals surface area contributed by atoms with Crippen LogP contribution in [0.15, 0.2) is 43.1 Å². The normalized spacial score (nSPS) is 15.5. The van der Waals surface area contributed by atoms with Crippen LogP contribution < -0.4 is 9.64 Å². The molecule has 0 atom stereocenters. The molecule has 6 heteroatoms. The Morgan fingerprint density at radius 1 is 1.12 bits per heavy atom. The van der Waals surface area contributed by atoms with Gasteiger partial charge in [0.1, 0.15) is 17.9 Å². The summed E-state index contributed by atoms with van der Waals surface area (Å²) in [5.41, 5.74) is 1.88. The first-order valence-electron chi connectivity index (χ1n) is 8.65. The van der Waals surface area contributed by atoms with Crippen LogP contribution in [0.3, 0.4) is 0 Å². The molecule has 6 nitrogen and oxygen atoms in total. The second kappa shape index (κ2) is 7.01. The average Bonchev–Trinajstić information content (AvgIpc) is 2.66. The van der Waals surface area contributed by atoms with Crippen LogP contribution in [-0.4, -0.2) is 39.6 Å². The molecule has 3 aromatic heterocycles. The fraction of sp³-hybridized carbons (Fsp3) is 0.368. The molecule has 0 aliphatic carbocycles. The zero-order valence-corrected chi connectivity index (χ0v) is 14.3. The standard InChI is InChI=1S/C19H21N5O/c1-14-10-16(2-7-21-14)25-12-15-4-8-24(9-5-15)19-17-3-6-20-11-18(17)22-13-23-19/h2-3,6-7,10-11,13,15H,4-5,8-9,12H2,1H3. The van der Waals surface area contributed by atoms with Crippen molar-refractivity contribution in [3.05, 3.63) is 48.8 Å². The lowest BCUT2D eigenvalue weighted by molar-refractivity contribution is 0.222. The summed E-state index contributed by atoms with van der Waals surface area (Å²) < 4.78 is 5.95. The van der Waals surface area contributed by atoms with E-state index in [1.165, 1.54) is 0 Å². The van der Waals surface area contributed by atoms with E-state index < -0.39 is 0 Å². The molecule has 0 spiro atoms. The van der Waals surface area contributed by atoms with E-state index in [1.54, 1.807) is 24.9 Å². The number of hydrogen-bond donors (Lipinski definition) is 0. The maximum Gasteiger partial charge on any atom is 0.139 e. The van der Waals surface area contributed by atoms with Crippen LogP contribution in [0.4, 0.5) is 5.82 Å². The number of hydrogen-bond acceptors (Lipinski definition) is 6. The van der Waals surface area contributed by atoms with Crippen LogP contribution in [0.2, 0.25) is 0 Å². The number of aryl methyl sites for hydroxylation is 1. The Kier molecular flexibility index (Phi) is 4.41. The molecule has 0 N–H and O–H groups in total. The number of piperidine rings is 1. The SMILES string of the molecule is Cc1cc(OCC2CCN(c3ncnc4cnccc34)CC2)ccn1. The van der Waals surface area contributed by atoms with Gasteiger partial charge >= 0.3 is 0 Å². The van der Waals surface area contributed by atoms with Crippen LogP contribution in [-0.2, 0) is 0 Å². The van der Waals surface area contributed by atoms with Gasteiger partial charge in [-0.25, -0.2) is 9.97 Å². The van der Waals surface area contributed by atoms with Gasteiger partial charge in [-0.2, -0.15) is 0 Å². The number of ether oxygens (including phenoxy) is 1. The van der Waals surface area contributed by atoms with Crippen molar-refractivity contribution >= 4 is 16.7 Å². The second-order valence-electron chi connectivity index (χ2n) is 6.46. The summed E-state index contributed by atoms with van der Waals surface area (Å²) >= 11 is 0. The van der Waals surface area contributed by atoms with Crippen LogP contribution in [0.25, 0.3) is 10.9 Å². The highest BCUT2D eigenvalue weighted by atomic mass is 16.5. The van der Waals surface area contributed by atoms with Gasteiger partial charge in [-0.15, -0.1) is 0 Å². The Labute approximate surface area is 146 Å². The summed E-state index contributed by atoms with van der Waals surface area (Å²) in [6.45, 7) is 4.70. The van der Waals surface area contributed by atoms with Crippen molar-refractivity contribution in [2.75, 3.05) is 24.6 Å². The van der Waals surface area contributed by atoms with Crippen LogP contribution in [0.1, 0.15) is 18.5 Å². The number of rotatable bonds is 4. The molecule has 4 rings (SSSR count). The Morgan fingerprint density at radius 3 is 2.84 bits per heavy atom. The van der Waals surface area contributed by atoms with E-state index in [0.29, 0.717) is 5.92 Å². The number of fused-ring (bicyclic) bond motifs is 1. The first-order valence-corrected chi connectivity index (χ1v) is 8.65. The molecule has 0 radical (unpaired) electrons. The second-order valence-corrected chi connectivity index (χ2v) is 6.46. The molecule has 128 valence electrons. The predicted molar refractivity (Wildman–Crippen MR) is 96.7 cm³/mol. The predicted octanol–water partition coefficient (Wildman–Crippen LogP) is 3.02. The fourth-order valence-electron chi connectivity index (χ4n) is 3.28. The molecule has 25 heavy (non-hydrogen) atoms. The van der Waals surface area contributed by atoms with E-state index >= 15 is 0 Å². The molecule has 0 amide bonds. The Morgan fingerprint density at radius 2 is 2.00 bits per heavy atom. The summed E-state index contributed by atoms with van der Waals surface area (Å²) in [4.78, 5) is 19.5. The molecule has 0 bridgehead atoms. The summed E-state index contributed by atoms with van der Waals surface area (Å²) in [5, 5.41) is 1.07. The third-order valence-corrected chi connectivity index (χ3v) is 4.69. The van der Waals surface area contributed by atoms with Gasteiger partial charge in [0.2, 0.25) is 0 Å². The third kappa shape index (κ3) is 3.52. The molecule has 0 unspecified atom stereocenters. The van der Waals surface area contributed by atoms with Gasteiger partial charge in [0.15, 0.2) is 0 Å². The van der Waals surface area contributed by atoms with Gasteiger partial charge in [-0.3, -0.25) is 9.97 Å². The maximum atomic E-state index is 5.95. The molecule has 1 fully saturated rings. The fourth-order valence-corrected chi connectivity index (χ4v) is 3.28. The van der Waals surface area contributed by atoms with Crippen molar-refractivity contribution in [2.24, 2.45) is 5.92 Å². The lowest BCUT2D eigenvalue weighted by Gasteiger charge is -2.33. The number of nitrogens with zero attached hydrogens (tertiary/aromatic N) is 5. The molecule has 1 saturated heterocycles. The van der Waals surface area contributed by atoms with Crippen molar-refractivity contribution in [1.82, 2.24) is 19.9 Å². The lowest BCUT2D eigenvalue weighted by Crippen LogP contribution is -2.36. The first kappa shape index (κ1) is 15.7. The van der Waals surface area contributed by atoms with Crippen LogP contribution in [0, 0.1) is 12.8 Å². The topological polar surface area (TPSA) is 64.0 Å². The molecular weight excluding hydrogens is 314 g/mol. The summed E-state index contributed by atoms with van der Waals surface area (Å²) in [5.74, 6) is 2.49. The third-order valence-electron chi connectivity index (χ3n) is 4.69. The van der Waals surface area contributed by atoms with Gasteiger partial charge in [0.05, 0.1) is 18.3 Å². The minimum absolute atomic E-state index is 0.569. The van der Waals surface area contributed by atoms with Gasteiger partial charge < -0.3 is 9.64 Å². The van der Waals surface area contributed by atoms with Crippen molar-refractivity contribution in [3.8, 4) is 5.75 Å². The van der Waals surface area contributed by atoms with Gasteiger partial charge in [0.25, 0.3) is 0 Å².